The molecule has 0 radical (unpaired) electrons. The number of nitrogens with zero attached hydrogens (tertiary/aromatic N) is 2. The molecule has 0 aliphatic carbocycles. The number of ether oxygens (including phenoxy) is 4. The van der Waals surface area contributed by atoms with Crippen LogP contribution in [0.25, 0.3) is 0 Å². The lowest BCUT2D eigenvalue weighted by atomic mass is 10.2. The van der Waals surface area contributed by atoms with Gasteiger partial charge in [0.05, 0.1) is 26.4 Å². The number of hydrogen-bond acceptors (Lipinski definition) is 11. The van der Waals surface area contributed by atoms with Crippen molar-refractivity contribution in [1.82, 2.24) is 0 Å². The molecule has 0 spiro atoms. The number of quaternary nitrogens is 1. The Balaban J connectivity index is 1.83. The summed E-state index contributed by atoms with van der Waals surface area (Å²) in [6.45, 7) is 3.54. The molecule has 2 aromatic rings. The second-order valence-corrected chi connectivity index (χ2v) is 11.8. The zero-order valence-electron chi connectivity index (χ0n) is 26.7. The maximum Gasteiger partial charge on any atom is 0.508 e. The number of rotatable bonds is 19. The molecule has 1 atom stereocenters. The van der Waals surface area contributed by atoms with Crippen molar-refractivity contribution in [3.8, 4) is 0 Å². The quantitative estimate of drug-likeness (QED) is 0.0351. The Bertz CT molecular complexity index is 1210. The lowest BCUT2D eigenvalue weighted by Gasteiger charge is -2.28. The van der Waals surface area contributed by atoms with E-state index in [1.807, 2.05) is 67.6 Å². The van der Waals surface area contributed by atoms with Gasteiger partial charge in [-0.2, -0.15) is 0 Å². The first-order chi connectivity index (χ1) is 22.0. The highest BCUT2D eigenvalue weighted by Gasteiger charge is 2.36. The van der Waals surface area contributed by atoms with Crippen LogP contribution in [0, 0.1) is 0 Å². The molecule has 15 heteroatoms. The summed E-state index contributed by atoms with van der Waals surface area (Å²) < 4.78 is 48.5. The minimum absolute atomic E-state index is 0.0548. The van der Waals surface area contributed by atoms with E-state index in [0.717, 1.165) is 11.1 Å². The zero-order valence-corrected chi connectivity index (χ0v) is 27.6. The molecule has 1 unspecified atom stereocenters. The fraction of sp³-hybridized carbons (Fsp3) is 0.484. The Hall–Kier alpha value is -3.97. The summed E-state index contributed by atoms with van der Waals surface area (Å²) in [5.74, 6) is -0.871. The van der Waals surface area contributed by atoms with Gasteiger partial charge in [-0.25, -0.2) is 18.9 Å². The van der Waals surface area contributed by atoms with Crippen molar-refractivity contribution < 1.29 is 56.4 Å². The molecule has 0 fully saturated rings. The second kappa shape index (κ2) is 20.9. The zero-order chi connectivity index (χ0) is 33.7. The van der Waals surface area contributed by atoms with Gasteiger partial charge >= 0.3 is 32.0 Å². The Morgan fingerprint density at radius 1 is 0.739 bits per heavy atom. The highest BCUT2D eigenvalue weighted by Crippen LogP contribution is 2.50. The highest BCUT2D eigenvalue weighted by molar-refractivity contribution is 7.52. The van der Waals surface area contributed by atoms with Gasteiger partial charge in [-0.05, 0) is 43.2 Å². The third-order valence-corrected chi connectivity index (χ3v) is 7.58. The first-order valence-corrected chi connectivity index (χ1v) is 16.5. The van der Waals surface area contributed by atoms with Crippen molar-refractivity contribution in [2.75, 3.05) is 40.0 Å². The van der Waals surface area contributed by atoms with Crippen LogP contribution in [0.4, 0.5) is 9.59 Å². The van der Waals surface area contributed by atoms with Crippen molar-refractivity contribution in [3.05, 3.63) is 71.8 Å². The van der Waals surface area contributed by atoms with Gasteiger partial charge in [0, 0.05) is 6.92 Å². The van der Waals surface area contributed by atoms with Crippen molar-refractivity contribution in [2.24, 2.45) is 10.5 Å². The van der Waals surface area contributed by atoms with Crippen molar-refractivity contribution in [3.63, 3.8) is 0 Å². The smallest absolute Gasteiger partial charge is 0.434 e. The summed E-state index contributed by atoms with van der Waals surface area (Å²) >= 11 is 0. The van der Waals surface area contributed by atoms with E-state index in [4.69, 9.17) is 38.6 Å². The molecule has 0 aliphatic rings. The van der Waals surface area contributed by atoms with E-state index in [1.54, 1.807) is 0 Å². The van der Waals surface area contributed by atoms with Crippen LogP contribution < -0.4 is 5.73 Å². The lowest BCUT2D eigenvalue weighted by Crippen LogP contribution is -2.54. The highest BCUT2D eigenvalue weighted by atomic mass is 31.2. The number of nitrogens with two attached hydrogens (primary N) is 1. The molecule has 0 saturated carbocycles. The summed E-state index contributed by atoms with van der Waals surface area (Å²) in [5.41, 5.74) is 7.82. The predicted octanol–water partition coefficient (Wildman–Crippen LogP) is 6.04. The SMILES string of the molecule is CCC[N+](C)(OC(C)=O)C(N)=NP(=O)(OCCCCOC(=O)OCc1ccccc1)OCCCCOC(=O)OCc1ccccc1. The fourth-order valence-corrected chi connectivity index (χ4v) is 5.18. The number of carbonyl (C=O) groups is 3. The monoisotopic (exact) mass is 666 g/mol. The van der Waals surface area contributed by atoms with E-state index in [2.05, 4.69) is 4.76 Å². The van der Waals surface area contributed by atoms with Crippen molar-refractivity contribution >= 4 is 32.0 Å². The van der Waals surface area contributed by atoms with E-state index < -0.39 is 30.7 Å². The molecule has 46 heavy (non-hydrogen) atoms. The Morgan fingerprint density at radius 3 is 1.59 bits per heavy atom. The number of carbonyl (C=O) groups excluding carboxylic acids is 3. The number of hydroxylamine groups is 3. The summed E-state index contributed by atoms with van der Waals surface area (Å²) in [6.07, 6.45) is 0.430. The van der Waals surface area contributed by atoms with Crippen LogP contribution in [0.2, 0.25) is 0 Å². The van der Waals surface area contributed by atoms with Gasteiger partial charge in [-0.3, -0.25) is 13.9 Å². The summed E-state index contributed by atoms with van der Waals surface area (Å²) in [4.78, 5) is 40.7. The van der Waals surface area contributed by atoms with Gasteiger partial charge in [-0.15, -0.1) is 4.76 Å². The van der Waals surface area contributed by atoms with E-state index in [1.165, 1.54) is 14.0 Å². The van der Waals surface area contributed by atoms with Crippen LogP contribution in [0.5, 0.6) is 0 Å². The van der Waals surface area contributed by atoms with Crippen LogP contribution in [0.1, 0.15) is 57.1 Å². The number of benzene rings is 2. The molecule has 2 aromatic carbocycles. The molecule has 254 valence electrons. The molecular formula is C31H45N3O11P+. The van der Waals surface area contributed by atoms with Crippen molar-refractivity contribution in [1.29, 1.82) is 0 Å². The van der Waals surface area contributed by atoms with Gasteiger partial charge in [0.2, 0.25) is 0 Å². The number of hydrogen-bond donors (Lipinski definition) is 1. The van der Waals surface area contributed by atoms with Crippen LogP contribution >= 0.6 is 7.75 Å². The molecule has 0 amide bonds. The molecule has 0 heterocycles. The average Bonchev–Trinajstić information content (AvgIpc) is 3.03. The standard InChI is InChI=1S/C31H45N3O11P/c1-4-19-34(3,45-26(2)35)29(32)33-46(38,43-22-13-11-20-39-30(36)41-24-27-15-7-5-8-16-27)44-23-14-12-21-40-31(37)42-25-28-17-9-6-10-18-28/h5-10,15-18H,4,11-14,19-25H2,1-3H3,(H2,32,33,38)/q+1. The van der Waals surface area contributed by atoms with Gasteiger partial charge in [0.15, 0.2) is 0 Å². The summed E-state index contributed by atoms with van der Waals surface area (Å²) in [5, 5.41) is 0. The first kappa shape index (κ1) is 38.2. The molecule has 0 aromatic heterocycles. The minimum atomic E-state index is -4.17. The third kappa shape index (κ3) is 15.8. The number of unbranched alkanes of at least 4 members (excludes halogenated alkanes) is 2. The maximum atomic E-state index is 13.6. The molecule has 0 saturated heterocycles. The Kier molecular flexibility index (Phi) is 17.4. The minimum Gasteiger partial charge on any atom is -0.434 e. The van der Waals surface area contributed by atoms with Crippen molar-refractivity contribution in [2.45, 2.75) is 59.2 Å². The van der Waals surface area contributed by atoms with E-state index in [-0.39, 0.29) is 52.1 Å². The van der Waals surface area contributed by atoms with Crippen LogP contribution in [0.15, 0.2) is 65.4 Å². The fourth-order valence-electron chi connectivity index (χ4n) is 3.83. The van der Waals surface area contributed by atoms with Gasteiger partial charge < -0.3 is 24.7 Å². The number of guanidine groups is 1. The molecule has 2 N–H and O–H groups in total. The predicted molar refractivity (Wildman–Crippen MR) is 168 cm³/mol. The summed E-state index contributed by atoms with van der Waals surface area (Å²) in [6, 6.07) is 18.4. The maximum absolute atomic E-state index is 13.6. The average molecular weight is 667 g/mol. The topological polar surface area (TPSA) is 171 Å². The molecular weight excluding hydrogens is 621 g/mol. The second-order valence-electron chi connectivity index (χ2n) is 10.2. The molecule has 14 nitrogen and oxygen atoms in total. The van der Waals surface area contributed by atoms with Crippen LogP contribution in [0.3, 0.4) is 0 Å². The third-order valence-electron chi connectivity index (χ3n) is 6.11. The lowest BCUT2D eigenvalue weighted by molar-refractivity contribution is -1.00. The van der Waals surface area contributed by atoms with Gasteiger partial charge in [-0.1, -0.05) is 72.2 Å². The normalized spacial score (nSPS) is 12.9. The van der Waals surface area contributed by atoms with Crippen LogP contribution in [-0.4, -0.2) is 68.9 Å². The Labute approximate surface area is 269 Å². The van der Waals surface area contributed by atoms with E-state index in [0.29, 0.717) is 32.1 Å². The molecule has 0 aliphatic heterocycles. The first-order valence-electron chi connectivity index (χ1n) is 15.0. The molecule has 0 bridgehead atoms. The van der Waals surface area contributed by atoms with Gasteiger partial charge in [0.1, 0.15) is 26.8 Å². The van der Waals surface area contributed by atoms with Crippen LogP contribution in [-0.2, 0) is 55.4 Å². The summed E-state index contributed by atoms with van der Waals surface area (Å²) in [7, 11) is -2.66. The van der Waals surface area contributed by atoms with E-state index >= 15 is 0 Å². The largest absolute Gasteiger partial charge is 0.508 e. The van der Waals surface area contributed by atoms with E-state index in [9.17, 15) is 18.9 Å². The molecule has 2 rings (SSSR count). The van der Waals surface area contributed by atoms with Gasteiger partial charge in [0.25, 0.3) is 0 Å². The Morgan fingerprint density at radius 2 is 1.17 bits per heavy atom.